The molecule has 0 aromatic heterocycles. The molecule has 0 unspecified atom stereocenters. The Balaban J connectivity index is 1.88. The largest absolute Gasteiger partial charge is 0.497 e. The van der Waals surface area contributed by atoms with Gasteiger partial charge >= 0.3 is 0 Å². The number of hydrogen-bond acceptors (Lipinski definition) is 6. The molecular weight excluding hydrogens is 633 g/mol. The highest BCUT2D eigenvalue weighted by Gasteiger charge is 2.36. The zero-order valence-corrected chi connectivity index (χ0v) is 28.7. The van der Waals surface area contributed by atoms with Gasteiger partial charge in [0.1, 0.15) is 29.9 Å². The first-order valence-corrected chi connectivity index (χ1v) is 17.1. The minimum Gasteiger partial charge on any atom is -0.497 e. The molecule has 0 bridgehead atoms. The fourth-order valence-electron chi connectivity index (χ4n) is 5.15. The quantitative estimate of drug-likeness (QED) is 0.168. The summed E-state index contributed by atoms with van der Waals surface area (Å²) in [5.74, 6) is -1.21. The van der Waals surface area contributed by atoms with Crippen molar-refractivity contribution in [3.05, 3.63) is 120 Å². The molecule has 4 rings (SSSR count). The molecule has 0 aliphatic carbocycles. The van der Waals surface area contributed by atoms with Crippen molar-refractivity contribution in [1.82, 2.24) is 10.2 Å². The fraction of sp³-hybridized carbons (Fsp3) is 0.297. The number of amides is 2. The van der Waals surface area contributed by atoms with E-state index in [2.05, 4.69) is 5.32 Å². The highest BCUT2D eigenvalue weighted by atomic mass is 32.2. The highest BCUT2D eigenvalue weighted by molar-refractivity contribution is 7.92. The normalized spacial score (nSPS) is 12.5. The number of nitrogens with zero attached hydrogens (tertiary/aromatic N) is 2. The third-order valence-electron chi connectivity index (χ3n) is 8.11. The first kappa shape index (κ1) is 35.9. The van der Waals surface area contributed by atoms with Crippen molar-refractivity contribution < 1.29 is 31.9 Å². The van der Waals surface area contributed by atoms with Crippen LogP contribution in [0.4, 0.5) is 10.1 Å². The van der Waals surface area contributed by atoms with Gasteiger partial charge in [-0.25, -0.2) is 12.8 Å². The monoisotopic (exact) mass is 675 g/mol. The number of carbonyl (C=O) groups is 2. The number of anilines is 1. The molecule has 11 heteroatoms. The van der Waals surface area contributed by atoms with Gasteiger partial charge in [0.05, 0.1) is 24.8 Å². The number of aryl methyl sites for hydroxylation is 1. The fourth-order valence-corrected chi connectivity index (χ4v) is 6.56. The van der Waals surface area contributed by atoms with Crippen LogP contribution in [0.5, 0.6) is 11.5 Å². The maximum absolute atomic E-state index is 15.1. The number of halogens is 1. The van der Waals surface area contributed by atoms with Crippen LogP contribution in [0.25, 0.3) is 0 Å². The first-order valence-electron chi connectivity index (χ1n) is 15.7. The molecule has 4 aromatic rings. The lowest BCUT2D eigenvalue weighted by atomic mass is 10.0. The van der Waals surface area contributed by atoms with Crippen LogP contribution in [-0.2, 0) is 32.6 Å². The van der Waals surface area contributed by atoms with E-state index in [0.717, 1.165) is 15.4 Å². The summed E-state index contributed by atoms with van der Waals surface area (Å²) in [6.45, 7) is 4.60. The van der Waals surface area contributed by atoms with Crippen LogP contribution < -0.4 is 19.1 Å². The van der Waals surface area contributed by atoms with E-state index >= 15 is 4.39 Å². The van der Waals surface area contributed by atoms with E-state index in [1.54, 1.807) is 30.3 Å². The Morgan fingerprint density at radius 3 is 2.19 bits per heavy atom. The molecule has 0 spiro atoms. The van der Waals surface area contributed by atoms with Gasteiger partial charge in [-0.15, -0.1) is 0 Å². The Morgan fingerprint density at radius 2 is 1.56 bits per heavy atom. The first-order chi connectivity index (χ1) is 23.0. The van der Waals surface area contributed by atoms with E-state index in [4.69, 9.17) is 9.47 Å². The third kappa shape index (κ3) is 8.71. The van der Waals surface area contributed by atoms with Gasteiger partial charge in [0.25, 0.3) is 10.0 Å². The van der Waals surface area contributed by atoms with Crippen molar-refractivity contribution in [2.75, 3.05) is 25.1 Å². The van der Waals surface area contributed by atoms with Gasteiger partial charge < -0.3 is 19.7 Å². The van der Waals surface area contributed by atoms with Gasteiger partial charge in [-0.2, -0.15) is 0 Å². The molecule has 4 aromatic carbocycles. The van der Waals surface area contributed by atoms with Crippen molar-refractivity contribution in [3.63, 3.8) is 0 Å². The smallest absolute Gasteiger partial charge is 0.264 e. The van der Waals surface area contributed by atoms with Gasteiger partial charge in [0.2, 0.25) is 11.8 Å². The van der Waals surface area contributed by atoms with Crippen molar-refractivity contribution >= 4 is 27.5 Å². The van der Waals surface area contributed by atoms with Crippen LogP contribution in [0.2, 0.25) is 0 Å². The molecule has 0 radical (unpaired) electrons. The highest BCUT2D eigenvalue weighted by Crippen LogP contribution is 2.36. The molecule has 48 heavy (non-hydrogen) atoms. The summed E-state index contributed by atoms with van der Waals surface area (Å²) < 4.78 is 55.8. The summed E-state index contributed by atoms with van der Waals surface area (Å²) in [5, 5.41) is 2.97. The molecule has 9 nitrogen and oxygen atoms in total. The summed E-state index contributed by atoms with van der Waals surface area (Å²) in [7, 11) is -1.56. The molecule has 1 N–H and O–H groups in total. The van der Waals surface area contributed by atoms with E-state index in [9.17, 15) is 18.0 Å². The average molecular weight is 676 g/mol. The Kier molecular flexibility index (Phi) is 12.2. The number of ether oxygens (including phenoxy) is 2. The molecule has 2 amide bonds. The lowest BCUT2D eigenvalue weighted by Gasteiger charge is -2.34. The molecule has 0 aliphatic rings. The average Bonchev–Trinajstić information content (AvgIpc) is 3.09. The van der Waals surface area contributed by atoms with E-state index in [-0.39, 0.29) is 40.9 Å². The maximum Gasteiger partial charge on any atom is 0.264 e. The number of nitrogens with one attached hydrogen (secondary N) is 1. The Bertz CT molecular complexity index is 1800. The van der Waals surface area contributed by atoms with E-state index < -0.39 is 40.2 Å². The van der Waals surface area contributed by atoms with E-state index in [0.29, 0.717) is 12.2 Å². The van der Waals surface area contributed by atoms with Gasteiger partial charge in [0.15, 0.2) is 0 Å². The number of carbonyl (C=O) groups excluding carboxylic acids is 2. The third-order valence-corrected chi connectivity index (χ3v) is 9.89. The predicted molar refractivity (Wildman–Crippen MR) is 184 cm³/mol. The Morgan fingerprint density at radius 1 is 0.896 bits per heavy atom. The molecule has 0 saturated heterocycles. The molecule has 0 fully saturated rings. The standard InChI is InChI=1S/C37H42FN3O6S/c1-6-27(3)39-37(43)34(22-28-12-8-7-9-13-28)40(24-29-14-10-11-15-32(29)38)36(42)25-41(33-23-30(46-4)18-21-35(33)47-5)48(44,45)31-19-16-26(2)17-20-31/h7-21,23,27,34H,6,22,24-25H2,1-5H3,(H,39,43)/t27-,34-/m1/s1. The van der Waals surface area contributed by atoms with Crippen LogP contribution in [0.15, 0.2) is 102 Å². The number of rotatable bonds is 15. The summed E-state index contributed by atoms with van der Waals surface area (Å²) in [4.78, 5) is 29.8. The molecular formula is C37H42FN3O6S. The van der Waals surface area contributed by atoms with Crippen LogP contribution in [0.3, 0.4) is 0 Å². The molecule has 0 heterocycles. The number of methoxy groups -OCH3 is 2. The van der Waals surface area contributed by atoms with Gasteiger partial charge in [-0.1, -0.05) is 73.2 Å². The Labute approximate surface area is 282 Å². The summed E-state index contributed by atoms with van der Waals surface area (Å²) in [6.07, 6.45) is 0.750. The summed E-state index contributed by atoms with van der Waals surface area (Å²) >= 11 is 0. The van der Waals surface area contributed by atoms with E-state index in [1.165, 1.54) is 55.5 Å². The second-order valence-electron chi connectivity index (χ2n) is 11.5. The van der Waals surface area contributed by atoms with E-state index in [1.807, 2.05) is 51.1 Å². The topological polar surface area (TPSA) is 105 Å². The van der Waals surface area contributed by atoms with Crippen LogP contribution in [0.1, 0.15) is 37.0 Å². The second kappa shape index (κ2) is 16.3. The van der Waals surface area contributed by atoms with Crippen molar-refractivity contribution in [2.24, 2.45) is 0 Å². The van der Waals surface area contributed by atoms with Gasteiger partial charge in [0, 0.05) is 30.6 Å². The lowest BCUT2D eigenvalue weighted by molar-refractivity contribution is -0.140. The minimum atomic E-state index is -4.39. The van der Waals surface area contributed by atoms with Crippen molar-refractivity contribution in [1.29, 1.82) is 0 Å². The van der Waals surface area contributed by atoms with Crippen LogP contribution >= 0.6 is 0 Å². The second-order valence-corrected chi connectivity index (χ2v) is 13.4. The van der Waals surface area contributed by atoms with Crippen molar-refractivity contribution in [3.8, 4) is 11.5 Å². The summed E-state index contributed by atoms with van der Waals surface area (Å²) in [6, 6.07) is 24.7. The van der Waals surface area contributed by atoms with Crippen LogP contribution in [-0.4, -0.2) is 58.0 Å². The molecule has 0 aliphatic heterocycles. The number of sulfonamides is 1. The SMILES string of the molecule is CC[C@@H](C)NC(=O)[C@@H](Cc1ccccc1)N(Cc1ccccc1F)C(=O)CN(c1cc(OC)ccc1OC)S(=O)(=O)c1ccc(C)cc1. The molecule has 254 valence electrons. The number of benzene rings is 4. The zero-order chi connectivity index (χ0) is 34.8. The Hall–Kier alpha value is -4.90. The molecule has 2 atom stereocenters. The summed E-state index contributed by atoms with van der Waals surface area (Å²) in [5.41, 5.74) is 1.85. The van der Waals surface area contributed by atoms with Gasteiger partial charge in [-0.05, 0) is 56.2 Å². The molecule has 0 saturated carbocycles. The maximum atomic E-state index is 15.1. The van der Waals surface area contributed by atoms with Crippen LogP contribution in [0, 0.1) is 12.7 Å². The van der Waals surface area contributed by atoms with Crippen molar-refractivity contribution in [2.45, 2.75) is 57.1 Å². The minimum absolute atomic E-state index is 0.0539. The number of hydrogen-bond donors (Lipinski definition) is 1. The predicted octanol–water partition coefficient (Wildman–Crippen LogP) is 5.90. The zero-order valence-electron chi connectivity index (χ0n) is 27.9. The lowest BCUT2D eigenvalue weighted by Crippen LogP contribution is -2.54. The van der Waals surface area contributed by atoms with Gasteiger partial charge in [-0.3, -0.25) is 13.9 Å².